The van der Waals surface area contributed by atoms with E-state index in [2.05, 4.69) is 10.6 Å². The number of nitrogens with zero attached hydrogens (tertiary/aromatic N) is 3. The van der Waals surface area contributed by atoms with E-state index in [-0.39, 0.29) is 5.91 Å². The molecule has 1 saturated heterocycles. The minimum Gasteiger partial charge on any atom is -0.270 e. The molecule has 1 aliphatic rings. The van der Waals surface area contributed by atoms with Crippen LogP contribution in [0.25, 0.3) is 0 Å². The van der Waals surface area contributed by atoms with Crippen molar-refractivity contribution in [2.75, 3.05) is 0 Å². The van der Waals surface area contributed by atoms with Gasteiger partial charge in [0.2, 0.25) is 0 Å². The number of carbonyl (C=O) groups is 1. The zero-order valence-electron chi connectivity index (χ0n) is 8.20. The number of hydrogen-bond donors (Lipinski definition) is 0. The fourth-order valence-corrected chi connectivity index (χ4v) is 1.69. The molecule has 5 heteroatoms. The highest BCUT2D eigenvalue weighted by Crippen LogP contribution is 2.28. The molecule has 0 spiro atoms. The maximum absolute atomic E-state index is 11.5. The Morgan fingerprint density at radius 1 is 1.33 bits per heavy atom. The molecule has 0 aliphatic carbocycles. The van der Waals surface area contributed by atoms with Crippen LogP contribution in [0.4, 0.5) is 0 Å². The molecule has 1 aromatic rings. The molecule has 0 saturated carbocycles. The van der Waals surface area contributed by atoms with Crippen LogP contribution in [0.5, 0.6) is 0 Å². The first-order valence-electron chi connectivity index (χ1n) is 4.65. The van der Waals surface area contributed by atoms with Gasteiger partial charge in [0.15, 0.2) is 6.04 Å². The highest BCUT2D eigenvalue weighted by Gasteiger charge is 2.40. The van der Waals surface area contributed by atoms with Crippen molar-refractivity contribution in [2.24, 2.45) is 5.29 Å². The van der Waals surface area contributed by atoms with Crippen molar-refractivity contribution in [3.8, 4) is 0 Å². The average Bonchev–Trinajstić information content (AvgIpc) is 2.54. The fourth-order valence-electron chi connectivity index (χ4n) is 1.69. The molecule has 1 amide bonds. The standard InChI is InChI=1S/C10H10N3O2/c1-7-11-10(14)9(13(7)12-15)8-5-3-2-4-6-8/h2-7,9H,1H3. The van der Waals surface area contributed by atoms with Crippen molar-refractivity contribution >= 4 is 5.91 Å². The summed E-state index contributed by atoms with van der Waals surface area (Å²) in [6.45, 7) is 1.67. The normalized spacial score (nSPS) is 25.1. The second-order valence-electron chi connectivity index (χ2n) is 3.37. The molecule has 2 unspecified atom stereocenters. The number of amides is 1. The number of carbonyl (C=O) groups excluding carboxylic acids is 1. The van der Waals surface area contributed by atoms with Crippen molar-refractivity contribution in [2.45, 2.75) is 19.1 Å². The van der Waals surface area contributed by atoms with Crippen LogP contribution in [0.1, 0.15) is 18.5 Å². The molecule has 2 rings (SSSR count). The molecule has 77 valence electrons. The van der Waals surface area contributed by atoms with Gasteiger partial charge in [0, 0.05) is 0 Å². The Hall–Kier alpha value is -1.91. The number of hydrogen-bond acceptors (Lipinski definition) is 3. The van der Waals surface area contributed by atoms with E-state index in [1.54, 1.807) is 19.1 Å². The highest BCUT2D eigenvalue weighted by molar-refractivity contribution is 5.85. The van der Waals surface area contributed by atoms with Gasteiger partial charge in [-0.3, -0.25) is 4.79 Å². The van der Waals surface area contributed by atoms with Gasteiger partial charge < -0.3 is 0 Å². The van der Waals surface area contributed by atoms with E-state index in [1.165, 1.54) is 5.01 Å². The molecule has 1 aliphatic heterocycles. The van der Waals surface area contributed by atoms with E-state index in [0.717, 1.165) is 5.56 Å². The average molecular weight is 204 g/mol. The topological polar surface area (TPSA) is 63.8 Å². The third-order valence-electron chi connectivity index (χ3n) is 2.40. The maximum Gasteiger partial charge on any atom is 0.272 e. The van der Waals surface area contributed by atoms with Gasteiger partial charge >= 0.3 is 0 Å². The Morgan fingerprint density at radius 3 is 2.60 bits per heavy atom. The smallest absolute Gasteiger partial charge is 0.270 e. The maximum atomic E-state index is 11.5. The van der Waals surface area contributed by atoms with E-state index in [4.69, 9.17) is 0 Å². The predicted octanol–water partition coefficient (Wildman–Crippen LogP) is 1.20. The van der Waals surface area contributed by atoms with Crippen molar-refractivity contribution in [3.05, 3.63) is 40.8 Å². The van der Waals surface area contributed by atoms with Crippen LogP contribution in [0, 0.1) is 4.91 Å². The van der Waals surface area contributed by atoms with Crippen molar-refractivity contribution in [1.82, 2.24) is 10.3 Å². The van der Waals surface area contributed by atoms with E-state index < -0.39 is 12.2 Å². The Labute approximate surface area is 87.0 Å². The van der Waals surface area contributed by atoms with Crippen molar-refractivity contribution in [1.29, 1.82) is 0 Å². The fraction of sp³-hybridized carbons (Fsp3) is 0.300. The molecule has 0 aromatic heterocycles. The van der Waals surface area contributed by atoms with E-state index in [1.807, 2.05) is 18.2 Å². The summed E-state index contributed by atoms with van der Waals surface area (Å²) in [5, 5.41) is 7.82. The number of benzene rings is 1. The third-order valence-corrected chi connectivity index (χ3v) is 2.40. The lowest BCUT2D eigenvalue weighted by Crippen LogP contribution is -2.26. The summed E-state index contributed by atoms with van der Waals surface area (Å²) < 4.78 is 0. The molecule has 1 heterocycles. The number of nitroso groups, excluding NO2 is 1. The minimum atomic E-state index is -0.654. The predicted molar refractivity (Wildman–Crippen MR) is 53.4 cm³/mol. The first kappa shape index (κ1) is 9.64. The lowest BCUT2D eigenvalue weighted by molar-refractivity contribution is -0.121. The van der Waals surface area contributed by atoms with Crippen LogP contribution in [-0.2, 0) is 4.79 Å². The largest absolute Gasteiger partial charge is 0.272 e. The summed E-state index contributed by atoms with van der Waals surface area (Å²) in [7, 11) is 0. The van der Waals surface area contributed by atoms with E-state index >= 15 is 0 Å². The zero-order valence-corrected chi connectivity index (χ0v) is 8.20. The van der Waals surface area contributed by atoms with Gasteiger partial charge in [-0.25, -0.2) is 10.3 Å². The molecular weight excluding hydrogens is 194 g/mol. The Bertz CT molecular complexity index is 380. The Balaban J connectivity index is 2.35. The molecule has 15 heavy (non-hydrogen) atoms. The molecule has 5 nitrogen and oxygen atoms in total. The van der Waals surface area contributed by atoms with Gasteiger partial charge in [-0.05, 0) is 12.5 Å². The van der Waals surface area contributed by atoms with Gasteiger partial charge in [-0.15, -0.1) is 4.91 Å². The number of rotatable bonds is 2. The molecular formula is C10H10N3O2. The van der Waals surface area contributed by atoms with Crippen LogP contribution >= 0.6 is 0 Å². The summed E-state index contributed by atoms with van der Waals surface area (Å²) in [4.78, 5) is 22.2. The van der Waals surface area contributed by atoms with Crippen molar-refractivity contribution < 1.29 is 4.79 Å². The molecule has 0 bridgehead atoms. The van der Waals surface area contributed by atoms with Crippen molar-refractivity contribution in [3.63, 3.8) is 0 Å². The van der Waals surface area contributed by atoms with Gasteiger partial charge in [0.25, 0.3) is 5.91 Å². The summed E-state index contributed by atoms with van der Waals surface area (Å²) in [6, 6.07) is 8.40. The second-order valence-corrected chi connectivity index (χ2v) is 3.37. The first-order chi connectivity index (χ1) is 7.24. The van der Waals surface area contributed by atoms with Gasteiger partial charge in [-0.2, -0.15) is 0 Å². The van der Waals surface area contributed by atoms with E-state index in [9.17, 15) is 9.70 Å². The molecule has 2 atom stereocenters. The SMILES string of the molecule is CC1[N]C(=O)C(c2ccccc2)N1N=O. The van der Waals surface area contributed by atoms with Gasteiger partial charge in [-0.1, -0.05) is 30.3 Å². The summed E-state index contributed by atoms with van der Waals surface area (Å²) in [5.74, 6) is -0.312. The first-order valence-corrected chi connectivity index (χ1v) is 4.65. The second kappa shape index (κ2) is 3.68. The molecule has 0 N–H and O–H groups in total. The summed E-state index contributed by atoms with van der Waals surface area (Å²) in [5.41, 5.74) is 0.746. The lowest BCUT2D eigenvalue weighted by Gasteiger charge is -2.17. The molecule has 1 aromatic carbocycles. The lowest BCUT2D eigenvalue weighted by atomic mass is 10.1. The summed E-state index contributed by atoms with van der Waals surface area (Å²) in [6.07, 6.45) is -0.472. The zero-order chi connectivity index (χ0) is 10.8. The Kier molecular flexibility index (Phi) is 2.37. The summed E-state index contributed by atoms with van der Waals surface area (Å²) >= 11 is 0. The third kappa shape index (κ3) is 1.56. The monoisotopic (exact) mass is 204 g/mol. The van der Waals surface area contributed by atoms with Crippen LogP contribution < -0.4 is 5.32 Å². The minimum absolute atomic E-state index is 0.312. The molecule has 1 radical (unpaired) electrons. The van der Waals surface area contributed by atoms with Gasteiger partial charge in [0.1, 0.15) is 6.17 Å². The molecule has 1 fully saturated rings. The Morgan fingerprint density at radius 2 is 2.00 bits per heavy atom. The highest BCUT2D eigenvalue weighted by atomic mass is 16.3. The van der Waals surface area contributed by atoms with Gasteiger partial charge in [0.05, 0.1) is 5.29 Å². The van der Waals surface area contributed by atoms with Crippen LogP contribution in [-0.4, -0.2) is 17.1 Å². The van der Waals surface area contributed by atoms with Crippen LogP contribution in [0.2, 0.25) is 0 Å². The van der Waals surface area contributed by atoms with Crippen LogP contribution in [0.15, 0.2) is 35.6 Å². The van der Waals surface area contributed by atoms with E-state index in [0.29, 0.717) is 0 Å². The van der Waals surface area contributed by atoms with Crippen LogP contribution in [0.3, 0.4) is 0 Å². The quantitative estimate of drug-likeness (QED) is 0.680.